The zero-order valence-electron chi connectivity index (χ0n) is 11.4. The molecule has 0 aliphatic carbocycles. The highest BCUT2D eigenvalue weighted by molar-refractivity contribution is 6.33. The van der Waals surface area contributed by atoms with Crippen LogP contribution in [0.4, 0.5) is 5.69 Å². The third-order valence-corrected chi connectivity index (χ3v) is 3.92. The van der Waals surface area contributed by atoms with E-state index in [1.165, 1.54) is 30.5 Å². The second-order valence-electron chi connectivity index (χ2n) is 5.17. The van der Waals surface area contributed by atoms with E-state index < -0.39 is 0 Å². The molecule has 1 heterocycles. The van der Waals surface area contributed by atoms with Crippen LogP contribution in [0.1, 0.15) is 31.7 Å². The van der Waals surface area contributed by atoms with E-state index in [-0.39, 0.29) is 0 Å². The lowest BCUT2D eigenvalue weighted by molar-refractivity contribution is 0.416. The van der Waals surface area contributed by atoms with E-state index in [0.717, 1.165) is 24.7 Å². The molecule has 0 spiro atoms. The molecular weight excluding hydrogens is 244 g/mol. The predicted molar refractivity (Wildman–Crippen MR) is 79.7 cm³/mol. The second kappa shape index (κ2) is 6.44. The van der Waals surface area contributed by atoms with Gasteiger partial charge in [-0.15, -0.1) is 0 Å². The van der Waals surface area contributed by atoms with Crippen LogP contribution in [0.15, 0.2) is 18.2 Å². The Morgan fingerprint density at radius 1 is 1.33 bits per heavy atom. The Bertz CT molecular complexity index is 384. The normalized spacial score (nSPS) is 17.2. The molecule has 3 heteroatoms. The predicted octanol–water partition coefficient (Wildman–Crippen LogP) is 3.62. The highest BCUT2D eigenvalue weighted by atomic mass is 35.5. The van der Waals surface area contributed by atoms with Crippen LogP contribution < -0.4 is 10.2 Å². The SMILES string of the molecule is CCCNC1CCN(c2ccc(C)cc2Cl)CC1. The van der Waals surface area contributed by atoms with Crippen LogP contribution in [0.3, 0.4) is 0 Å². The molecule has 1 fully saturated rings. The van der Waals surface area contributed by atoms with Crippen molar-refractivity contribution < 1.29 is 0 Å². The number of benzene rings is 1. The molecule has 0 atom stereocenters. The first-order valence-corrected chi connectivity index (χ1v) is 7.33. The standard InChI is InChI=1S/C15H23ClN2/c1-3-8-17-13-6-9-18(10-7-13)15-5-4-12(2)11-14(15)16/h4-5,11,13,17H,3,6-10H2,1-2H3. The Labute approximate surface area is 115 Å². The van der Waals surface area contributed by atoms with Crippen LogP contribution in [0.25, 0.3) is 0 Å². The van der Waals surface area contributed by atoms with Crippen LogP contribution >= 0.6 is 11.6 Å². The number of halogens is 1. The molecule has 0 radical (unpaired) electrons. The van der Waals surface area contributed by atoms with Gasteiger partial charge in [0.2, 0.25) is 0 Å². The zero-order valence-corrected chi connectivity index (χ0v) is 12.1. The maximum atomic E-state index is 6.33. The van der Waals surface area contributed by atoms with Gasteiger partial charge in [0, 0.05) is 19.1 Å². The van der Waals surface area contributed by atoms with Crippen molar-refractivity contribution in [3.05, 3.63) is 28.8 Å². The summed E-state index contributed by atoms with van der Waals surface area (Å²) in [7, 11) is 0. The van der Waals surface area contributed by atoms with Crippen molar-refractivity contribution >= 4 is 17.3 Å². The van der Waals surface area contributed by atoms with Crippen molar-refractivity contribution in [1.29, 1.82) is 0 Å². The van der Waals surface area contributed by atoms with E-state index >= 15 is 0 Å². The van der Waals surface area contributed by atoms with E-state index in [2.05, 4.69) is 42.3 Å². The Balaban J connectivity index is 1.93. The van der Waals surface area contributed by atoms with Gasteiger partial charge >= 0.3 is 0 Å². The largest absolute Gasteiger partial charge is 0.370 e. The summed E-state index contributed by atoms with van der Waals surface area (Å²) in [5, 5.41) is 4.49. The van der Waals surface area contributed by atoms with Crippen LogP contribution in [-0.2, 0) is 0 Å². The van der Waals surface area contributed by atoms with Crippen molar-refractivity contribution in [3.63, 3.8) is 0 Å². The van der Waals surface area contributed by atoms with Gasteiger partial charge in [0.25, 0.3) is 0 Å². The first-order chi connectivity index (χ1) is 8.70. The molecule has 2 nitrogen and oxygen atoms in total. The molecule has 2 rings (SSSR count). The summed E-state index contributed by atoms with van der Waals surface area (Å²) in [5.41, 5.74) is 2.42. The van der Waals surface area contributed by atoms with Gasteiger partial charge in [-0.05, 0) is 50.4 Å². The third-order valence-electron chi connectivity index (χ3n) is 3.62. The molecule has 0 amide bonds. The number of aryl methyl sites for hydroxylation is 1. The minimum absolute atomic E-state index is 0.686. The fraction of sp³-hybridized carbons (Fsp3) is 0.600. The number of hydrogen-bond donors (Lipinski definition) is 1. The summed E-state index contributed by atoms with van der Waals surface area (Å²) in [5.74, 6) is 0. The molecule has 1 aliphatic rings. The van der Waals surface area contributed by atoms with E-state index in [1.54, 1.807) is 0 Å². The summed E-state index contributed by atoms with van der Waals surface area (Å²) < 4.78 is 0. The molecule has 100 valence electrons. The minimum Gasteiger partial charge on any atom is -0.370 e. The molecule has 0 saturated carbocycles. The fourth-order valence-corrected chi connectivity index (χ4v) is 2.90. The number of piperidine rings is 1. The first kappa shape index (κ1) is 13.7. The van der Waals surface area contributed by atoms with E-state index in [0.29, 0.717) is 6.04 Å². The van der Waals surface area contributed by atoms with E-state index in [1.807, 2.05) is 0 Å². The number of nitrogens with zero attached hydrogens (tertiary/aromatic N) is 1. The van der Waals surface area contributed by atoms with Gasteiger partial charge in [0.1, 0.15) is 0 Å². The third kappa shape index (κ3) is 3.39. The zero-order chi connectivity index (χ0) is 13.0. The summed E-state index contributed by atoms with van der Waals surface area (Å²) in [6.45, 7) is 7.63. The highest BCUT2D eigenvalue weighted by Gasteiger charge is 2.19. The van der Waals surface area contributed by atoms with Gasteiger partial charge in [-0.3, -0.25) is 0 Å². The lowest BCUT2D eigenvalue weighted by Crippen LogP contribution is -2.42. The maximum absolute atomic E-state index is 6.33. The lowest BCUT2D eigenvalue weighted by atomic mass is 10.0. The van der Waals surface area contributed by atoms with Crippen molar-refractivity contribution in [1.82, 2.24) is 5.32 Å². The summed E-state index contributed by atoms with van der Waals surface area (Å²) in [6.07, 6.45) is 3.64. The van der Waals surface area contributed by atoms with Crippen molar-refractivity contribution in [3.8, 4) is 0 Å². The van der Waals surface area contributed by atoms with Gasteiger partial charge in [-0.25, -0.2) is 0 Å². The molecule has 1 aromatic carbocycles. The number of rotatable bonds is 4. The average molecular weight is 267 g/mol. The van der Waals surface area contributed by atoms with Crippen LogP contribution in [0.2, 0.25) is 5.02 Å². The van der Waals surface area contributed by atoms with Crippen molar-refractivity contribution in [2.75, 3.05) is 24.5 Å². The molecule has 18 heavy (non-hydrogen) atoms. The first-order valence-electron chi connectivity index (χ1n) is 6.95. The molecule has 1 N–H and O–H groups in total. The molecule has 0 unspecified atom stereocenters. The van der Waals surface area contributed by atoms with Crippen LogP contribution in [0.5, 0.6) is 0 Å². The molecule has 0 aromatic heterocycles. The van der Waals surface area contributed by atoms with Gasteiger partial charge in [-0.2, -0.15) is 0 Å². The van der Waals surface area contributed by atoms with Crippen molar-refractivity contribution in [2.24, 2.45) is 0 Å². The summed E-state index contributed by atoms with van der Waals surface area (Å²) in [4.78, 5) is 2.41. The molecule has 0 bridgehead atoms. The number of nitrogens with one attached hydrogen (secondary N) is 1. The number of anilines is 1. The summed E-state index contributed by atoms with van der Waals surface area (Å²) >= 11 is 6.33. The molecular formula is C15H23ClN2. The Hall–Kier alpha value is -0.730. The van der Waals surface area contributed by atoms with Gasteiger partial charge in [0.15, 0.2) is 0 Å². The highest BCUT2D eigenvalue weighted by Crippen LogP contribution is 2.29. The average Bonchev–Trinajstić information content (AvgIpc) is 2.37. The topological polar surface area (TPSA) is 15.3 Å². The molecule has 1 aliphatic heterocycles. The van der Waals surface area contributed by atoms with Gasteiger partial charge in [0.05, 0.1) is 10.7 Å². The smallest absolute Gasteiger partial charge is 0.0642 e. The minimum atomic E-state index is 0.686. The Morgan fingerprint density at radius 2 is 2.06 bits per heavy atom. The quantitative estimate of drug-likeness (QED) is 0.896. The van der Waals surface area contributed by atoms with Crippen LogP contribution in [-0.4, -0.2) is 25.7 Å². The fourth-order valence-electron chi connectivity index (χ4n) is 2.54. The molecule has 1 aromatic rings. The Kier molecular flexibility index (Phi) is 4.90. The second-order valence-corrected chi connectivity index (χ2v) is 5.58. The summed E-state index contributed by atoms with van der Waals surface area (Å²) in [6, 6.07) is 7.03. The van der Waals surface area contributed by atoms with E-state index in [9.17, 15) is 0 Å². The lowest BCUT2D eigenvalue weighted by Gasteiger charge is -2.34. The van der Waals surface area contributed by atoms with E-state index in [4.69, 9.17) is 11.6 Å². The molecule has 1 saturated heterocycles. The van der Waals surface area contributed by atoms with Gasteiger partial charge < -0.3 is 10.2 Å². The Morgan fingerprint density at radius 3 is 2.67 bits per heavy atom. The van der Waals surface area contributed by atoms with Crippen LogP contribution in [0, 0.1) is 6.92 Å². The monoisotopic (exact) mass is 266 g/mol. The maximum Gasteiger partial charge on any atom is 0.0642 e. The van der Waals surface area contributed by atoms with Crippen molar-refractivity contribution in [2.45, 2.75) is 39.2 Å². The van der Waals surface area contributed by atoms with Gasteiger partial charge in [-0.1, -0.05) is 24.6 Å². The number of hydrogen-bond acceptors (Lipinski definition) is 2.